The Morgan fingerprint density at radius 1 is 0.927 bits per heavy atom. The number of benzene rings is 3. The highest BCUT2D eigenvalue weighted by Crippen LogP contribution is 2.23. The predicted octanol–water partition coefficient (Wildman–Crippen LogP) is 4.82. The molecule has 4 rings (SSSR count). The molecule has 3 aromatic carbocycles. The van der Waals surface area contributed by atoms with Crippen LogP contribution >= 0.6 is 0 Å². The summed E-state index contributed by atoms with van der Waals surface area (Å²) in [6.45, 7) is 3.22. The van der Waals surface area contributed by atoms with Gasteiger partial charge in [-0.25, -0.2) is 13.2 Å². The van der Waals surface area contributed by atoms with E-state index in [0.717, 1.165) is 5.56 Å². The highest BCUT2D eigenvalue weighted by molar-refractivity contribution is 7.89. The molecule has 1 saturated heterocycles. The summed E-state index contributed by atoms with van der Waals surface area (Å²) in [7, 11) is -2.24. The molecule has 0 unspecified atom stereocenters. The number of anilines is 1. The maximum Gasteiger partial charge on any atom is 0.321 e. The van der Waals surface area contributed by atoms with Crippen LogP contribution in [-0.2, 0) is 21.4 Å². The lowest BCUT2D eigenvalue weighted by Crippen LogP contribution is -2.51. The lowest BCUT2D eigenvalue weighted by atomic mass is 10.0. The van der Waals surface area contributed by atoms with E-state index in [2.05, 4.69) is 5.32 Å². The summed E-state index contributed by atoms with van der Waals surface area (Å²) in [6, 6.07) is 24.7. The lowest BCUT2D eigenvalue weighted by Gasteiger charge is -2.39. The quantitative estimate of drug-likeness (QED) is 0.352. The molecule has 1 N–H and O–H groups in total. The molecule has 1 aliphatic rings. The van der Waals surface area contributed by atoms with Crippen LogP contribution in [0.25, 0.3) is 0 Å². The van der Waals surface area contributed by atoms with Crippen molar-refractivity contribution < 1.29 is 22.7 Å². The summed E-state index contributed by atoms with van der Waals surface area (Å²) in [5, 5.41) is 2.92. The van der Waals surface area contributed by atoms with Crippen LogP contribution in [-0.4, -0.2) is 73.8 Å². The highest BCUT2D eigenvalue weighted by atomic mass is 32.2. The Bertz CT molecular complexity index is 1380. The zero-order valence-corrected chi connectivity index (χ0v) is 24.4. The van der Waals surface area contributed by atoms with E-state index >= 15 is 0 Å². The second-order valence-corrected chi connectivity index (χ2v) is 12.0. The Morgan fingerprint density at radius 3 is 2.12 bits per heavy atom. The molecular weight excluding hydrogens is 540 g/mol. The molecular formula is C31H38N4O5S. The first-order valence-corrected chi connectivity index (χ1v) is 15.3. The molecule has 0 aliphatic carbocycles. The molecule has 0 spiro atoms. The lowest BCUT2D eigenvalue weighted by molar-refractivity contribution is -0.135. The van der Waals surface area contributed by atoms with Gasteiger partial charge in [0.05, 0.1) is 18.6 Å². The van der Waals surface area contributed by atoms with Crippen LogP contribution in [0.15, 0.2) is 89.8 Å². The van der Waals surface area contributed by atoms with E-state index in [1.165, 1.54) is 4.31 Å². The van der Waals surface area contributed by atoms with Gasteiger partial charge in [-0.1, -0.05) is 55.5 Å². The molecule has 41 heavy (non-hydrogen) atoms. The molecule has 218 valence electrons. The first-order valence-electron chi connectivity index (χ1n) is 13.9. The number of carbonyl (C=O) groups excluding carboxylic acids is 2. The van der Waals surface area contributed by atoms with Crippen LogP contribution in [0.3, 0.4) is 0 Å². The second kappa shape index (κ2) is 14.1. The first-order chi connectivity index (χ1) is 19.8. The van der Waals surface area contributed by atoms with Crippen LogP contribution in [0, 0.1) is 0 Å². The van der Waals surface area contributed by atoms with E-state index in [0.29, 0.717) is 50.3 Å². The van der Waals surface area contributed by atoms with Gasteiger partial charge in [0, 0.05) is 37.9 Å². The van der Waals surface area contributed by atoms with Crippen molar-refractivity contribution in [3.63, 3.8) is 0 Å². The Hall–Kier alpha value is -3.89. The number of likely N-dealkylation sites (tertiary alicyclic amines) is 1. The molecule has 1 fully saturated rings. The van der Waals surface area contributed by atoms with Crippen LogP contribution in [0.5, 0.6) is 5.75 Å². The third kappa shape index (κ3) is 7.86. The van der Waals surface area contributed by atoms with Crippen LogP contribution in [0.4, 0.5) is 10.5 Å². The maximum atomic E-state index is 13.8. The van der Waals surface area contributed by atoms with Gasteiger partial charge in [-0.2, -0.15) is 4.31 Å². The Kier molecular flexibility index (Phi) is 10.4. The number of rotatable bonds is 11. The minimum Gasteiger partial charge on any atom is -0.497 e. The minimum absolute atomic E-state index is 0.129. The fourth-order valence-corrected chi connectivity index (χ4v) is 6.48. The van der Waals surface area contributed by atoms with Crippen molar-refractivity contribution in [2.45, 2.75) is 43.7 Å². The van der Waals surface area contributed by atoms with Crippen molar-refractivity contribution in [2.24, 2.45) is 0 Å². The van der Waals surface area contributed by atoms with Crippen molar-refractivity contribution >= 4 is 27.6 Å². The van der Waals surface area contributed by atoms with Gasteiger partial charge in [-0.3, -0.25) is 4.79 Å². The van der Waals surface area contributed by atoms with Gasteiger partial charge in [0.2, 0.25) is 15.9 Å². The van der Waals surface area contributed by atoms with Gasteiger partial charge in [0.25, 0.3) is 0 Å². The van der Waals surface area contributed by atoms with Crippen LogP contribution in [0.2, 0.25) is 0 Å². The fraction of sp³-hybridized carbons (Fsp3) is 0.355. The summed E-state index contributed by atoms with van der Waals surface area (Å²) >= 11 is 0. The molecule has 0 aromatic heterocycles. The largest absolute Gasteiger partial charge is 0.497 e. The predicted molar refractivity (Wildman–Crippen MR) is 159 cm³/mol. The molecule has 10 heteroatoms. The summed E-state index contributed by atoms with van der Waals surface area (Å²) in [5.41, 5.74) is 1.64. The minimum atomic E-state index is -3.83. The number of nitrogens with one attached hydrogen (secondary N) is 1. The molecule has 3 aromatic rings. The Balaban J connectivity index is 1.46. The van der Waals surface area contributed by atoms with Gasteiger partial charge in [-0.15, -0.1) is 0 Å². The number of methoxy groups -OCH3 is 1. The van der Waals surface area contributed by atoms with Crippen molar-refractivity contribution in [3.05, 3.63) is 90.5 Å². The van der Waals surface area contributed by atoms with Crippen molar-refractivity contribution in [2.75, 3.05) is 38.6 Å². The zero-order valence-electron chi connectivity index (χ0n) is 23.6. The van der Waals surface area contributed by atoms with E-state index in [1.54, 1.807) is 71.5 Å². The summed E-state index contributed by atoms with van der Waals surface area (Å²) in [5.74, 6) is 0.462. The van der Waals surface area contributed by atoms with E-state index in [9.17, 15) is 18.0 Å². The number of carbonyl (C=O) groups is 2. The molecule has 3 amide bonds. The second-order valence-electron chi connectivity index (χ2n) is 10.0. The van der Waals surface area contributed by atoms with Gasteiger partial charge in [0.15, 0.2) is 0 Å². The standard InChI is InChI=1S/C31H38N4O5S/c1-3-20-34(41(38,39)29-12-8-5-9-13-29)24-30(36)35(23-25-10-6-4-7-11-25)27-18-21-33(22-19-27)31(37)32-26-14-16-28(40-2)17-15-26/h4-17,27H,3,18-24H2,1-2H3,(H,32,37). The molecule has 0 bridgehead atoms. The monoisotopic (exact) mass is 578 g/mol. The third-order valence-electron chi connectivity index (χ3n) is 7.22. The number of hydrogen-bond acceptors (Lipinski definition) is 5. The van der Waals surface area contributed by atoms with Gasteiger partial charge in [-0.05, 0) is 61.2 Å². The van der Waals surface area contributed by atoms with Gasteiger partial charge in [0.1, 0.15) is 5.75 Å². The van der Waals surface area contributed by atoms with Crippen molar-refractivity contribution in [1.82, 2.24) is 14.1 Å². The van der Waals surface area contributed by atoms with Crippen LogP contribution < -0.4 is 10.1 Å². The molecule has 9 nitrogen and oxygen atoms in total. The number of urea groups is 1. The van der Waals surface area contributed by atoms with Gasteiger partial charge < -0.3 is 19.9 Å². The Labute approximate surface area is 242 Å². The van der Waals surface area contributed by atoms with Crippen molar-refractivity contribution in [3.8, 4) is 5.75 Å². The van der Waals surface area contributed by atoms with E-state index < -0.39 is 10.0 Å². The topological polar surface area (TPSA) is 99.3 Å². The highest BCUT2D eigenvalue weighted by Gasteiger charge is 2.33. The maximum absolute atomic E-state index is 13.8. The third-order valence-corrected chi connectivity index (χ3v) is 9.07. The number of nitrogens with zero attached hydrogens (tertiary/aromatic N) is 3. The van der Waals surface area contributed by atoms with Gasteiger partial charge >= 0.3 is 6.03 Å². The number of hydrogen-bond donors (Lipinski definition) is 1. The summed E-state index contributed by atoms with van der Waals surface area (Å²) in [6.07, 6.45) is 1.77. The average molecular weight is 579 g/mol. The smallest absolute Gasteiger partial charge is 0.321 e. The van der Waals surface area contributed by atoms with Crippen molar-refractivity contribution in [1.29, 1.82) is 0 Å². The Morgan fingerprint density at radius 2 is 1.54 bits per heavy atom. The number of sulfonamides is 1. The molecule has 1 aliphatic heterocycles. The number of ether oxygens (including phenoxy) is 1. The van der Waals surface area contributed by atoms with E-state index in [4.69, 9.17) is 4.74 Å². The average Bonchev–Trinajstić information content (AvgIpc) is 3.01. The molecule has 0 saturated carbocycles. The van der Waals surface area contributed by atoms with E-state index in [-0.39, 0.29) is 36.0 Å². The van der Waals surface area contributed by atoms with E-state index in [1.807, 2.05) is 37.3 Å². The number of amides is 3. The molecule has 0 radical (unpaired) electrons. The summed E-state index contributed by atoms with van der Waals surface area (Å²) in [4.78, 5) is 30.5. The molecule has 0 atom stereocenters. The normalized spacial score (nSPS) is 14.1. The SMILES string of the molecule is CCCN(CC(=O)N(Cc1ccccc1)C1CCN(C(=O)Nc2ccc(OC)cc2)CC1)S(=O)(=O)c1ccccc1. The molecule has 1 heterocycles. The first kappa shape index (κ1) is 30.1. The summed E-state index contributed by atoms with van der Waals surface area (Å²) < 4.78 is 33.3. The fourth-order valence-electron chi connectivity index (χ4n) is 4.98. The number of piperidine rings is 1. The van der Waals surface area contributed by atoms with Crippen LogP contribution in [0.1, 0.15) is 31.7 Å². The zero-order chi connectivity index (χ0) is 29.2.